The van der Waals surface area contributed by atoms with E-state index in [9.17, 15) is 0 Å². The Hall–Kier alpha value is -1.25. The normalized spacial score (nSPS) is 28.8. The number of ether oxygens (including phenoxy) is 1. The molecule has 1 N–H and O–H groups in total. The molecule has 0 bridgehead atoms. The Morgan fingerprint density at radius 3 is 2.68 bits per heavy atom. The Labute approximate surface area is 136 Å². The van der Waals surface area contributed by atoms with Crippen molar-refractivity contribution in [2.75, 3.05) is 11.5 Å². The molecule has 2 heterocycles. The number of nitriles is 1. The van der Waals surface area contributed by atoms with E-state index >= 15 is 0 Å². The van der Waals surface area contributed by atoms with Crippen molar-refractivity contribution in [1.29, 1.82) is 5.26 Å². The predicted molar refractivity (Wildman–Crippen MR) is 89.1 cm³/mol. The Balaban J connectivity index is 1.42. The molecule has 2 aliphatic rings. The third kappa shape index (κ3) is 4.37. The molecule has 5 heteroatoms. The van der Waals surface area contributed by atoms with Crippen LogP contribution in [-0.4, -0.2) is 34.7 Å². The van der Waals surface area contributed by atoms with Crippen LogP contribution in [0, 0.1) is 11.3 Å². The van der Waals surface area contributed by atoms with Gasteiger partial charge in [0.1, 0.15) is 12.2 Å². The third-order valence-corrected chi connectivity index (χ3v) is 5.67. The molecule has 1 saturated heterocycles. The van der Waals surface area contributed by atoms with E-state index in [0.717, 1.165) is 12.8 Å². The van der Waals surface area contributed by atoms with Gasteiger partial charge < -0.3 is 10.1 Å². The fourth-order valence-corrected chi connectivity index (χ4v) is 4.32. The van der Waals surface area contributed by atoms with Crippen LogP contribution in [0.5, 0.6) is 5.88 Å². The molecule has 1 saturated carbocycles. The molecule has 3 rings (SSSR count). The van der Waals surface area contributed by atoms with Crippen LogP contribution in [0.1, 0.15) is 44.1 Å². The zero-order valence-corrected chi connectivity index (χ0v) is 13.6. The molecule has 0 amide bonds. The molecule has 0 spiro atoms. The predicted octanol–water partition coefficient (Wildman–Crippen LogP) is 3.13. The molecule has 118 valence electrons. The molecule has 2 fully saturated rings. The maximum atomic E-state index is 8.77. The quantitative estimate of drug-likeness (QED) is 0.924. The average molecular weight is 317 g/mol. The van der Waals surface area contributed by atoms with Crippen molar-refractivity contribution in [2.24, 2.45) is 0 Å². The van der Waals surface area contributed by atoms with Gasteiger partial charge in [0.15, 0.2) is 0 Å². The molecule has 1 aromatic heterocycles. The number of nitrogens with zero attached hydrogens (tertiary/aromatic N) is 2. The summed E-state index contributed by atoms with van der Waals surface area (Å²) >= 11 is 2.08. The van der Waals surface area contributed by atoms with Gasteiger partial charge in [0.25, 0.3) is 0 Å². The van der Waals surface area contributed by atoms with E-state index in [1.807, 2.05) is 0 Å². The summed E-state index contributed by atoms with van der Waals surface area (Å²) in [5, 5.41) is 12.6. The monoisotopic (exact) mass is 317 g/mol. The van der Waals surface area contributed by atoms with Crippen LogP contribution < -0.4 is 10.1 Å². The van der Waals surface area contributed by atoms with E-state index in [2.05, 4.69) is 28.1 Å². The Morgan fingerprint density at radius 1 is 1.18 bits per heavy atom. The molecular formula is C17H23N3OS. The molecule has 4 nitrogen and oxygen atoms in total. The lowest BCUT2D eigenvalue weighted by atomic mass is 9.92. The van der Waals surface area contributed by atoms with Gasteiger partial charge in [-0.1, -0.05) is 0 Å². The highest BCUT2D eigenvalue weighted by Crippen LogP contribution is 2.25. The van der Waals surface area contributed by atoms with E-state index in [1.165, 1.54) is 37.2 Å². The SMILES string of the molecule is N#Cc1ccc(OC2CCC(N[C@H]3CCCSC3)CC2)nc1. The number of thioether (sulfide) groups is 1. The largest absolute Gasteiger partial charge is 0.474 e. The van der Waals surface area contributed by atoms with Crippen LogP contribution in [0.25, 0.3) is 0 Å². The summed E-state index contributed by atoms with van der Waals surface area (Å²) in [5.74, 6) is 3.24. The first-order valence-electron chi connectivity index (χ1n) is 8.20. The Kier molecular flexibility index (Phi) is 5.58. The molecule has 22 heavy (non-hydrogen) atoms. The van der Waals surface area contributed by atoms with Gasteiger partial charge in [0, 0.05) is 30.1 Å². The zero-order valence-electron chi connectivity index (χ0n) is 12.8. The molecule has 0 radical (unpaired) electrons. The number of hydrogen-bond donors (Lipinski definition) is 1. The molecule has 1 aliphatic carbocycles. The number of aromatic nitrogens is 1. The number of rotatable bonds is 4. The van der Waals surface area contributed by atoms with Gasteiger partial charge in [0.2, 0.25) is 5.88 Å². The van der Waals surface area contributed by atoms with E-state index in [4.69, 9.17) is 10.00 Å². The van der Waals surface area contributed by atoms with Gasteiger partial charge in [-0.25, -0.2) is 4.98 Å². The summed E-state index contributed by atoms with van der Waals surface area (Å²) in [6, 6.07) is 6.99. The van der Waals surface area contributed by atoms with E-state index in [0.29, 0.717) is 23.5 Å². The van der Waals surface area contributed by atoms with Crippen molar-refractivity contribution >= 4 is 11.8 Å². The van der Waals surface area contributed by atoms with Crippen molar-refractivity contribution in [3.8, 4) is 11.9 Å². The molecule has 0 aromatic carbocycles. The highest BCUT2D eigenvalue weighted by molar-refractivity contribution is 7.99. The average Bonchev–Trinajstić information content (AvgIpc) is 2.58. The number of nitrogens with one attached hydrogen (secondary N) is 1. The molecule has 1 aliphatic heterocycles. The second-order valence-electron chi connectivity index (χ2n) is 6.17. The first kappa shape index (κ1) is 15.6. The Morgan fingerprint density at radius 2 is 2.05 bits per heavy atom. The van der Waals surface area contributed by atoms with Crippen LogP contribution in [-0.2, 0) is 0 Å². The van der Waals surface area contributed by atoms with Crippen molar-refractivity contribution in [2.45, 2.75) is 56.7 Å². The minimum absolute atomic E-state index is 0.263. The summed E-state index contributed by atoms with van der Waals surface area (Å²) < 4.78 is 5.94. The summed E-state index contributed by atoms with van der Waals surface area (Å²) in [6.45, 7) is 0. The molecule has 1 aromatic rings. The summed E-state index contributed by atoms with van der Waals surface area (Å²) in [7, 11) is 0. The zero-order chi connectivity index (χ0) is 15.2. The lowest BCUT2D eigenvalue weighted by Gasteiger charge is -2.33. The highest BCUT2D eigenvalue weighted by atomic mass is 32.2. The minimum atomic E-state index is 0.263. The van der Waals surface area contributed by atoms with Gasteiger partial charge in [-0.05, 0) is 50.3 Å². The van der Waals surface area contributed by atoms with E-state index in [-0.39, 0.29) is 6.10 Å². The van der Waals surface area contributed by atoms with Crippen LogP contribution >= 0.6 is 11.8 Å². The maximum absolute atomic E-state index is 8.77. The van der Waals surface area contributed by atoms with Gasteiger partial charge in [-0.2, -0.15) is 17.0 Å². The van der Waals surface area contributed by atoms with Crippen LogP contribution in [0.2, 0.25) is 0 Å². The maximum Gasteiger partial charge on any atom is 0.213 e. The third-order valence-electron chi connectivity index (χ3n) is 4.46. The fourth-order valence-electron chi connectivity index (χ4n) is 3.24. The molecule has 0 unspecified atom stereocenters. The summed E-state index contributed by atoms with van der Waals surface area (Å²) in [4.78, 5) is 4.19. The van der Waals surface area contributed by atoms with Crippen molar-refractivity contribution in [3.05, 3.63) is 23.9 Å². The van der Waals surface area contributed by atoms with E-state index in [1.54, 1.807) is 18.3 Å². The summed E-state index contributed by atoms with van der Waals surface area (Å²) in [5.41, 5.74) is 0.575. The fraction of sp³-hybridized carbons (Fsp3) is 0.647. The highest BCUT2D eigenvalue weighted by Gasteiger charge is 2.25. The van der Waals surface area contributed by atoms with Gasteiger partial charge in [-0.3, -0.25) is 0 Å². The smallest absolute Gasteiger partial charge is 0.213 e. The van der Waals surface area contributed by atoms with E-state index < -0.39 is 0 Å². The van der Waals surface area contributed by atoms with Crippen molar-refractivity contribution in [3.63, 3.8) is 0 Å². The van der Waals surface area contributed by atoms with Crippen molar-refractivity contribution in [1.82, 2.24) is 10.3 Å². The molecule has 1 atom stereocenters. The van der Waals surface area contributed by atoms with Crippen LogP contribution in [0.15, 0.2) is 18.3 Å². The Bertz CT molecular complexity index is 500. The lowest BCUT2D eigenvalue weighted by Crippen LogP contribution is -2.44. The molecular weight excluding hydrogens is 294 g/mol. The number of pyridine rings is 1. The second kappa shape index (κ2) is 7.85. The summed E-state index contributed by atoms with van der Waals surface area (Å²) in [6.07, 6.45) is 9.05. The van der Waals surface area contributed by atoms with Crippen LogP contribution in [0.3, 0.4) is 0 Å². The van der Waals surface area contributed by atoms with Gasteiger partial charge in [0.05, 0.1) is 5.56 Å². The first-order chi connectivity index (χ1) is 10.8. The number of hydrogen-bond acceptors (Lipinski definition) is 5. The van der Waals surface area contributed by atoms with Crippen LogP contribution in [0.4, 0.5) is 0 Å². The van der Waals surface area contributed by atoms with Gasteiger partial charge in [-0.15, -0.1) is 0 Å². The lowest BCUT2D eigenvalue weighted by molar-refractivity contribution is 0.131. The standard InChI is InChI=1S/C17H23N3OS/c18-10-13-3-8-17(19-11-13)21-16-6-4-14(5-7-16)20-15-2-1-9-22-12-15/h3,8,11,14-16,20H,1-2,4-7,9,12H2/t14?,15-,16?/m0/s1. The second-order valence-corrected chi connectivity index (χ2v) is 7.32. The first-order valence-corrected chi connectivity index (χ1v) is 9.35. The minimum Gasteiger partial charge on any atom is -0.474 e. The topological polar surface area (TPSA) is 57.9 Å². The van der Waals surface area contributed by atoms with Gasteiger partial charge >= 0.3 is 0 Å². The van der Waals surface area contributed by atoms with Crippen molar-refractivity contribution < 1.29 is 4.74 Å².